The zero-order valence-corrected chi connectivity index (χ0v) is 19.5. The highest BCUT2D eigenvalue weighted by molar-refractivity contribution is 6.32. The number of ether oxygens (including phenoxy) is 1. The van der Waals surface area contributed by atoms with Gasteiger partial charge in [0.25, 0.3) is 0 Å². The van der Waals surface area contributed by atoms with Crippen LogP contribution in [0.4, 0.5) is 0 Å². The van der Waals surface area contributed by atoms with Crippen molar-refractivity contribution in [1.82, 2.24) is 4.90 Å². The van der Waals surface area contributed by atoms with Crippen molar-refractivity contribution in [3.05, 3.63) is 28.8 Å². The van der Waals surface area contributed by atoms with E-state index < -0.39 is 64.4 Å². The van der Waals surface area contributed by atoms with Crippen molar-refractivity contribution < 1.29 is 38.9 Å². The maximum atomic E-state index is 13.8. The molecule has 3 aliphatic carbocycles. The third-order valence-electron chi connectivity index (χ3n) is 8.35. The number of Topliss-reactive ketones (excluding diaryl/α,β-unsaturated/α-hetero) is 4. The monoisotopic (exact) mass is 484 g/mol. The van der Waals surface area contributed by atoms with E-state index in [1.807, 2.05) is 0 Å². The van der Waals surface area contributed by atoms with E-state index in [9.17, 15) is 34.2 Å². The topological polar surface area (TPSA) is 164 Å². The smallest absolute Gasteiger partial charge is 0.235 e. The molecule has 1 aromatic carbocycles. The molecule has 0 bridgehead atoms. The normalized spacial score (nSPS) is 36.7. The molecule has 3 fully saturated rings. The van der Waals surface area contributed by atoms with Gasteiger partial charge in [0.1, 0.15) is 5.75 Å². The second-order valence-corrected chi connectivity index (χ2v) is 10.4. The fourth-order valence-corrected chi connectivity index (χ4v) is 6.79. The number of carbonyl (C=O) groups is 5. The fraction of sp³-hybridized carbons (Fsp3) is 0.560. The summed E-state index contributed by atoms with van der Waals surface area (Å²) in [5, 5.41) is 22.1. The lowest BCUT2D eigenvalue weighted by Gasteiger charge is -2.52. The molecule has 1 amide bonds. The third kappa shape index (κ3) is 3.16. The highest BCUT2D eigenvalue weighted by Crippen LogP contribution is 2.51. The molecule has 186 valence electrons. The van der Waals surface area contributed by atoms with Crippen LogP contribution in [-0.2, 0) is 30.3 Å². The largest absolute Gasteiger partial charge is 0.507 e. The molecule has 1 heterocycles. The van der Waals surface area contributed by atoms with E-state index in [2.05, 4.69) is 0 Å². The number of nitrogens with two attached hydrogens (primary N) is 1. The molecule has 4 N–H and O–H groups in total. The predicted molar refractivity (Wildman–Crippen MR) is 120 cm³/mol. The first-order valence-electron chi connectivity index (χ1n) is 11.8. The highest BCUT2D eigenvalue weighted by atomic mass is 16.5. The molecular weight excluding hydrogens is 456 g/mol. The molecule has 10 nitrogen and oxygen atoms in total. The summed E-state index contributed by atoms with van der Waals surface area (Å²) in [6.07, 6.45) is 1.08. The Morgan fingerprint density at radius 1 is 1.17 bits per heavy atom. The van der Waals surface area contributed by atoms with Crippen molar-refractivity contribution >= 4 is 29.0 Å². The van der Waals surface area contributed by atoms with Crippen LogP contribution >= 0.6 is 0 Å². The zero-order valence-electron chi connectivity index (χ0n) is 19.5. The molecule has 0 spiro atoms. The number of carbonyl (C=O) groups excluding carboxylic acids is 5. The average Bonchev–Trinajstić information content (AvgIpc) is 3.30. The van der Waals surface area contributed by atoms with E-state index in [0.717, 1.165) is 12.0 Å². The average molecular weight is 485 g/mol. The van der Waals surface area contributed by atoms with E-state index in [4.69, 9.17) is 10.5 Å². The number of phenolic OH excluding ortho intramolecular Hbond substituents is 1. The van der Waals surface area contributed by atoms with Crippen molar-refractivity contribution in [3.63, 3.8) is 0 Å². The summed E-state index contributed by atoms with van der Waals surface area (Å²) in [4.78, 5) is 67.3. The van der Waals surface area contributed by atoms with Crippen molar-refractivity contribution in [2.24, 2.45) is 29.4 Å². The van der Waals surface area contributed by atoms with Gasteiger partial charge in [0, 0.05) is 18.4 Å². The van der Waals surface area contributed by atoms with Crippen LogP contribution < -0.4 is 5.73 Å². The molecule has 7 atom stereocenters. The van der Waals surface area contributed by atoms with Crippen molar-refractivity contribution in [2.45, 2.75) is 36.8 Å². The van der Waals surface area contributed by atoms with Gasteiger partial charge in [0.15, 0.2) is 34.7 Å². The number of hydrogen-bond donors (Lipinski definition) is 3. The standard InChI is InChI=1S/C25H28N2O8/c1-27(2)19-14-8-11-7-13-12(10-5-6-35-9-10)3-4-15(28)17(13)20(29)16(11)22(31)25(14,34)23(32)18(21(19)30)24(26)33/h3-4,10-11,14,16,18-19,28,34H,5-9H2,1-2H3,(H2,26,33)/t10?,11-,14-,16?,18?,19-,25-/m0/s1. The van der Waals surface area contributed by atoms with Gasteiger partial charge < -0.3 is 20.7 Å². The van der Waals surface area contributed by atoms with Gasteiger partial charge in [0.05, 0.1) is 24.1 Å². The molecule has 2 saturated carbocycles. The minimum Gasteiger partial charge on any atom is -0.507 e. The Morgan fingerprint density at radius 3 is 2.49 bits per heavy atom. The van der Waals surface area contributed by atoms with Crippen LogP contribution in [0.15, 0.2) is 12.1 Å². The zero-order chi connectivity index (χ0) is 25.4. The van der Waals surface area contributed by atoms with Gasteiger partial charge in [-0.25, -0.2) is 0 Å². The first-order valence-corrected chi connectivity index (χ1v) is 11.8. The number of ketones is 4. The summed E-state index contributed by atoms with van der Waals surface area (Å²) in [5.41, 5.74) is 4.17. The second-order valence-electron chi connectivity index (χ2n) is 10.4. The van der Waals surface area contributed by atoms with Crippen LogP contribution in [0.1, 0.15) is 40.2 Å². The quantitative estimate of drug-likeness (QED) is 0.474. The third-order valence-corrected chi connectivity index (χ3v) is 8.35. The van der Waals surface area contributed by atoms with Crippen molar-refractivity contribution in [1.29, 1.82) is 0 Å². The minimum absolute atomic E-state index is 0.0287. The van der Waals surface area contributed by atoms with E-state index in [0.29, 0.717) is 18.8 Å². The molecule has 0 aromatic heterocycles. The number of benzene rings is 1. The number of hydrogen-bond acceptors (Lipinski definition) is 9. The van der Waals surface area contributed by atoms with Gasteiger partial charge >= 0.3 is 0 Å². The molecule has 1 aromatic rings. The van der Waals surface area contributed by atoms with Crippen LogP contribution in [0.25, 0.3) is 0 Å². The van der Waals surface area contributed by atoms with Crippen LogP contribution in [0, 0.1) is 23.7 Å². The Kier molecular flexibility index (Phi) is 5.46. The maximum Gasteiger partial charge on any atom is 0.235 e. The summed E-state index contributed by atoms with van der Waals surface area (Å²) >= 11 is 0. The lowest BCUT2D eigenvalue weighted by atomic mass is 9.52. The number of aromatic hydroxyl groups is 1. The van der Waals surface area contributed by atoms with Crippen molar-refractivity contribution in [3.8, 4) is 5.75 Å². The number of rotatable bonds is 3. The molecule has 1 aliphatic heterocycles. The van der Waals surface area contributed by atoms with Crippen LogP contribution in [0.3, 0.4) is 0 Å². The van der Waals surface area contributed by atoms with Gasteiger partial charge in [0.2, 0.25) is 5.91 Å². The number of amides is 1. The maximum absolute atomic E-state index is 13.8. The number of phenols is 1. The second kappa shape index (κ2) is 8.04. The van der Waals surface area contributed by atoms with Gasteiger partial charge in [-0.3, -0.25) is 28.9 Å². The van der Waals surface area contributed by atoms with Crippen LogP contribution in [0.5, 0.6) is 5.75 Å². The lowest BCUT2D eigenvalue weighted by molar-refractivity contribution is -0.181. The molecule has 0 radical (unpaired) electrons. The summed E-state index contributed by atoms with van der Waals surface area (Å²) in [7, 11) is 3.12. The van der Waals surface area contributed by atoms with Crippen molar-refractivity contribution in [2.75, 3.05) is 27.3 Å². The van der Waals surface area contributed by atoms with Gasteiger partial charge in [-0.2, -0.15) is 0 Å². The van der Waals surface area contributed by atoms with E-state index in [1.165, 1.54) is 11.0 Å². The van der Waals surface area contributed by atoms with Gasteiger partial charge in [-0.05, 0) is 56.5 Å². The molecule has 1 saturated heterocycles. The van der Waals surface area contributed by atoms with Crippen LogP contribution in [-0.4, -0.2) is 83.1 Å². The molecule has 4 aliphatic rings. The van der Waals surface area contributed by atoms with Crippen LogP contribution in [0.2, 0.25) is 0 Å². The Labute approximate surface area is 201 Å². The van der Waals surface area contributed by atoms with E-state index in [-0.39, 0.29) is 30.1 Å². The molecule has 10 heteroatoms. The number of primary amides is 1. The summed E-state index contributed by atoms with van der Waals surface area (Å²) < 4.78 is 5.51. The predicted octanol–water partition coefficient (Wildman–Crippen LogP) is -0.629. The van der Waals surface area contributed by atoms with Gasteiger partial charge in [-0.15, -0.1) is 0 Å². The Balaban J connectivity index is 1.63. The Morgan fingerprint density at radius 2 is 1.89 bits per heavy atom. The molecule has 35 heavy (non-hydrogen) atoms. The summed E-state index contributed by atoms with van der Waals surface area (Å²) in [6.45, 7) is 1.07. The Hall–Kier alpha value is -2.95. The molecule has 5 rings (SSSR count). The summed E-state index contributed by atoms with van der Waals surface area (Å²) in [5.74, 6) is -10.2. The SMILES string of the molecule is CN(C)[C@@H]1C(=O)C(C(N)=O)C(=O)[C@@]2(O)C(=O)C3C(=O)c4c(O)ccc(C5CCOC5)c4C[C@H]3C[C@@H]12. The molecular formula is C25H28N2O8. The summed E-state index contributed by atoms with van der Waals surface area (Å²) in [6, 6.07) is 2.09. The minimum atomic E-state index is -2.70. The first kappa shape index (κ1) is 23.8. The van der Waals surface area contributed by atoms with Gasteiger partial charge in [-0.1, -0.05) is 6.07 Å². The number of aliphatic hydroxyl groups is 1. The first-order chi connectivity index (χ1) is 16.5. The number of fused-ring (bicyclic) bond motifs is 3. The molecule has 3 unspecified atom stereocenters. The number of likely N-dealkylation sites (N-methyl/N-ethyl adjacent to an activating group) is 1. The number of nitrogens with zero attached hydrogens (tertiary/aromatic N) is 1. The Bertz CT molecular complexity index is 1170. The van der Waals surface area contributed by atoms with E-state index >= 15 is 0 Å². The fourth-order valence-electron chi connectivity index (χ4n) is 6.79. The lowest BCUT2D eigenvalue weighted by Crippen LogP contribution is -2.74. The highest BCUT2D eigenvalue weighted by Gasteiger charge is 2.69. The van der Waals surface area contributed by atoms with E-state index in [1.54, 1.807) is 20.2 Å².